The van der Waals surface area contributed by atoms with E-state index >= 15 is 0 Å². The first-order valence-electron chi connectivity index (χ1n) is 11.2. The maximum atomic E-state index is 14.7. The Morgan fingerprint density at radius 1 is 0.600 bits per heavy atom. The van der Waals surface area contributed by atoms with Crippen LogP contribution in [0.3, 0.4) is 0 Å². The molecular formula is C32H19FN2. The van der Waals surface area contributed by atoms with Gasteiger partial charge in [-0.1, -0.05) is 91.0 Å². The minimum atomic E-state index is -0.783. The Morgan fingerprint density at radius 2 is 1.09 bits per heavy atom. The number of hydrogen-bond donors (Lipinski definition) is 0. The summed E-state index contributed by atoms with van der Waals surface area (Å²) in [7, 11) is 0. The van der Waals surface area contributed by atoms with Crippen LogP contribution >= 0.6 is 0 Å². The Hall–Kier alpha value is -4.99. The third-order valence-corrected chi connectivity index (χ3v) is 6.00. The maximum Gasteiger partial charge on any atom is 0.224 e. The van der Waals surface area contributed by atoms with E-state index in [1.54, 1.807) is 12.1 Å². The van der Waals surface area contributed by atoms with Crippen molar-refractivity contribution in [3.05, 3.63) is 138 Å². The predicted octanol–water partition coefficient (Wildman–Crippen LogP) is 8.92. The second-order valence-corrected chi connectivity index (χ2v) is 8.12. The van der Waals surface area contributed by atoms with Gasteiger partial charge in [-0.2, -0.15) is 5.26 Å². The van der Waals surface area contributed by atoms with Crippen LogP contribution in [0.2, 0.25) is 0 Å². The van der Waals surface area contributed by atoms with Gasteiger partial charge >= 0.3 is 0 Å². The number of benzene rings is 5. The average Bonchev–Trinajstić information content (AvgIpc) is 2.94. The average molecular weight is 451 g/mol. The van der Waals surface area contributed by atoms with Crippen molar-refractivity contribution in [2.75, 3.05) is 0 Å². The van der Waals surface area contributed by atoms with Gasteiger partial charge in [-0.15, -0.1) is 0 Å². The first-order valence-corrected chi connectivity index (χ1v) is 11.2. The standard InChI is InChI=1S/C32H19FN2/c1-35-30-20-26(17-27(21-34)32(30)33)31-28(23-13-7-3-8-14-23)18-25(22-11-5-2-6-12-22)19-29(31)24-15-9-4-10-16-24/h2-20H. The topological polar surface area (TPSA) is 28.1 Å². The van der Waals surface area contributed by atoms with E-state index in [2.05, 4.69) is 29.1 Å². The smallest absolute Gasteiger partial charge is 0.224 e. The number of halogens is 1. The highest BCUT2D eigenvalue weighted by atomic mass is 19.1. The predicted molar refractivity (Wildman–Crippen MR) is 139 cm³/mol. The van der Waals surface area contributed by atoms with Gasteiger partial charge in [-0.3, -0.25) is 0 Å². The van der Waals surface area contributed by atoms with Crippen molar-refractivity contribution in [3.8, 4) is 50.6 Å². The summed E-state index contributed by atoms with van der Waals surface area (Å²) in [5.74, 6) is -0.783. The van der Waals surface area contributed by atoms with Crippen LogP contribution in [0.1, 0.15) is 5.56 Å². The molecule has 0 fully saturated rings. The summed E-state index contributed by atoms with van der Waals surface area (Å²) in [6.07, 6.45) is 0. The molecule has 0 spiro atoms. The van der Waals surface area contributed by atoms with Crippen molar-refractivity contribution in [1.29, 1.82) is 5.26 Å². The summed E-state index contributed by atoms with van der Waals surface area (Å²) in [6, 6.07) is 39.4. The van der Waals surface area contributed by atoms with Gasteiger partial charge in [0.15, 0.2) is 0 Å². The van der Waals surface area contributed by atoms with Gasteiger partial charge in [-0.05, 0) is 68.8 Å². The third-order valence-electron chi connectivity index (χ3n) is 6.00. The number of nitriles is 1. The van der Waals surface area contributed by atoms with E-state index in [4.69, 9.17) is 6.57 Å². The molecule has 0 N–H and O–H groups in total. The normalized spacial score (nSPS) is 10.4. The van der Waals surface area contributed by atoms with E-state index in [9.17, 15) is 9.65 Å². The zero-order valence-electron chi connectivity index (χ0n) is 18.7. The molecule has 0 aliphatic rings. The molecule has 0 aliphatic heterocycles. The van der Waals surface area contributed by atoms with Gasteiger partial charge in [0.1, 0.15) is 11.9 Å². The monoisotopic (exact) mass is 450 g/mol. The van der Waals surface area contributed by atoms with E-state index in [-0.39, 0.29) is 11.3 Å². The van der Waals surface area contributed by atoms with Gasteiger partial charge < -0.3 is 0 Å². The van der Waals surface area contributed by atoms with Crippen molar-refractivity contribution in [3.63, 3.8) is 0 Å². The van der Waals surface area contributed by atoms with Crippen molar-refractivity contribution >= 4 is 5.69 Å². The van der Waals surface area contributed by atoms with E-state index in [0.717, 1.165) is 38.9 Å². The number of hydrogen-bond acceptors (Lipinski definition) is 1. The van der Waals surface area contributed by atoms with Crippen LogP contribution in [0.25, 0.3) is 49.4 Å². The minimum absolute atomic E-state index is 0.140. The molecule has 0 unspecified atom stereocenters. The van der Waals surface area contributed by atoms with Crippen LogP contribution in [0.15, 0.2) is 115 Å². The van der Waals surface area contributed by atoms with E-state index in [0.29, 0.717) is 5.56 Å². The first-order chi connectivity index (χ1) is 17.2. The zero-order chi connectivity index (χ0) is 24.2. The van der Waals surface area contributed by atoms with Crippen molar-refractivity contribution in [2.24, 2.45) is 0 Å². The number of nitrogens with zero attached hydrogens (tertiary/aromatic N) is 2. The lowest BCUT2D eigenvalue weighted by Gasteiger charge is -2.19. The van der Waals surface area contributed by atoms with Gasteiger partial charge in [0, 0.05) is 0 Å². The maximum absolute atomic E-state index is 14.7. The lowest BCUT2D eigenvalue weighted by atomic mass is 9.84. The Balaban J connectivity index is 1.93. The van der Waals surface area contributed by atoms with Gasteiger partial charge in [0.25, 0.3) is 0 Å². The summed E-state index contributed by atoms with van der Waals surface area (Å²) >= 11 is 0. The SMILES string of the molecule is [C-]#[N+]c1cc(-c2c(-c3ccccc3)cc(-c3ccccc3)cc2-c2ccccc2)cc(C#N)c1F. The molecule has 0 saturated carbocycles. The first kappa shape index (κ1) is 21.8. The molecule has 0 aromatic heterocycles. The van der Waals surface area contributed by atoms with E-state index in [1.165, 1.54) is 0 Å². The molecule has 0 radical (unpaired) electrons. The molecular weight excluding hydrogens is 431 g/mol. The fraction of sp³-hybridized carbons (Fsp3) is 0. The molecule has 0 bridgehead atoms. The Morgan fingerprint density at radius 3 is 1.54 bits per heavy atom. The quantitative estimate of drug-likeness (QED) is 0.251. The molecule has 0 atom stereocenters. The molecule has 0 amide bonds. The van der Waals surface area contributed by atoms with Crippen molar-refractivity contribution in [2.45, 2.75) is 0 Å². The summed E-state index contributed by atoms with van der Waals surface area (Å²) in [5, 5.41) is 9.58. The molecule has 5 aromatic carbocycles. The van der Waals surface area contributed by atoms with E-state index < -0.39 is 5.82 Å². The molecule has 35 heavy (non-hydrogen) atoms. The summed E-state index contributed by atoms with van der Waals surface area (Å²) in [6.45, 7) is 7.47. The zero-order valence-corrected chi connectivity index (χ0v) is 18.7. The van der Waals surface area contributed by atoms with Gasteiger partial charge in [0.05, 0.1) is 12.1 Å². The van der Waals surface area contributed by atoms with Gasteiger partial charge in [0.2, 0.25) is 5.69 Å². The fourth-order valence-corrected chi connectivity index (χ4v) is 4.36. The van der Waals surface area contributed by atoms with Crippen LogP contribution in [-0.4, -0.2) is 0 Å². The summed E-state index contributed by atoms with van der Waals surface area (Å²) < 4.78 is 14.7. The second kappa shape index (κ2) is 9.48. The Bertz CT molecular complexity index is 1500. The third kappa shape index (κ3) is 4.20. The summed E-state index contributed by atoms with van der Waals surface area (Å²) in [5.41, 5.74) is 7.16. The molecule has 0 saturated heterocycles. The highest BCUT2D eigenvalue weighted by Gasteiger charge is 2.20. The lowest BCUT2D eigenvalue weighted by molar-refractivity contribution is 0.630. The van der Waals surface area contributed by atoms with Crippen LogP contribution in [0, 0.1) is 23.7 Å². The highest BCUT2D eigenvalue weighted by molar-refractivity contribution is 5.98. The fourth-order valence-electron chi connectivity index (χ4n) is 4.36. The molecule has 3 heteroatoms. The molecule has 0 heterocycles. The van der Waals surface area contributed by atoms with Crippen LogP contribution in [0.4, 0.5) is 10.1 Å². The lowest BCUT2D eigenvalue weighted by Crippen LogP contribution is -1.95. The molecule has 2 nitrogen and oxygen atoms in total. The van der Waals surface area contributed by atoms with E-state index in [1.807, 2.05) is 84.9 Å². The largest absolute Gasteiger partial charge is 0.235 e. The van der Waals surface area contributed by atoms with Crippen molar-refractivity contribution in [1.82, 2.24) is 0 Å². The molecule has 5 rings (SSSR count). The minimum Gasteiger partial charge on any atom is -0.235 e. The summed E-state index contributed by atoms with van der Waals surface area (Å²) in [4.78, 5) is 3.36. The van der Waals surface area contributed by atoms with Crippen LogP contribution < -0.4 is 0 Å². The van der Waals surface area contributed by atoms with Crippen molar-refractivity contribution < 1.29 is 4.39 Å². The second-order valence-electron chi connectivity index (χ2n) is 8.12. The molecule has 0 aliphatic carbocycles. The highest BCUT2D eigenvalue weighted by Crippen LogP contribution is 2.44. The molecule has 164 valence electrons. The number of rotatable bonds is 4. The van der Waals surface area contributed by atoms with Crippen LogP contribution in [0.5, 0.6) is 0 Å². The Kier molecular flexibility index (Phi) is 5.91. The Labute approximate surface area is 204 Å². The molecule has 5 aromatic rings. The van der Waals surface area contributed by atoms with Crippen LogP contribution in [-0.2, 0) is 0 Å². The van der Waals surface area contributed by atoms with Gasteiger partial charge in [-0.25, -0.2) is 9.24 Å².